The van der Waals surface area contributed by atoms with Gasteiger partial charge in [-0.1, -0.05) is 0 Å². The second-order valence-corrected chi connectivity index (χ2v) is 5.32. The van der Waals surface area contributed by atoms with Gasteiger partial charge in [0.2, 0.25) is 6.79 Å². The molecule has 3 N–H and O–H groups in total. The Balaban J connectivity index is 1.88. The van der Waals surface area contributed by atoms with Crippen molar-refractivity contribution < 1.29 is 9.47 Å². The number of halogens is 1. The van der Waals surface area contributed by atoms with Gasteiger partial charge in [-0.15, -0.1) is 0 Å². The summed E-state index contributed by atoms with van der Waals surface area (Å²) in [6.45, 7) is 0.878. The van der Waals surface area contributed by atoms with Crippen LogP contribution < -0.4 is 20.5 Å². The lowest BCUT2D eigenvalue weighted by Gasteiger charge is -2.17. The fourth-order valence-electron chi connectivity index (χ4n) is 2.02. The summed E-state index contributed by atoms with van der Waals surface area (Å²) in [7, 11) is 0. The predicted octanol–water partition coefficient (Wildman–Crippen LogP) is 1.93. The zero-order chi connectivity index (χ0) is 11.8. The molecule has 3 rings (SSSR count). The largest absolute Gasteiger partial charge is 0.454 e. The summed E-state index contributed by atoms with van der Waals surface area (Å²) in [5.41, 5.74) is 6.97. The first-order chi connectivity index (χ1) is 8.28. The van der Waals surface area contributed by atoms with E-state index in [-0.39, 0.29) is 6.04 Å². The summed E-state index contributed by atoms with van der Waals surface area (Å²) < 4.78 is 11.7. The van der Waals surface area contributed by atoms with Crippen LogP contribution in [0.15, 0.2) is 16.6 Å². The van der Waals surface area contributed by atoms with Gasteiger partial charge in [0.25, 0.3) is 0 Å². The maximum Gasteiger partial charge on any atom is 0.231 e. The van der Waals surface area contributed by atoms with Crippen LogP contribution in [-0.4, -0.2) is 19.4 Å². The van der Waals surface area contributed by atoms with Crippen LogP contribution in [0.3, 0.4) is 0 Å². The van der Waals surface area contributed by atoms with E-state index in [2.05, 4.69) is 27.3 Å². The third kappa shape index (κ3) is 2.27. The van der Waals surface area contributed by atoms with Gasteiger partial charge in [-0.3, -0.25) is 0 Å². The Morgan fingerprint density at radius 3 is 2.94 bits per heavy atom. The smallest absolute Gasteiger partial charge is 0.231 e. The van der Waals surface area contributed by atoms with E-state index in [4.69, 9.17) is 15.2 Å². The van der Waals surface area contributed by atoms with Gasteiger partial charge < -0.3 is 20.5 Å². The zero-order valence-corrected chi connectivity index (χ0v) is 11.0. The highest BCUT2D eigenvalue weighted by atomic mass is 79.9. The Kier molecular flexibility index (Phi) is 2.98. The summed E-state index contributed by atoms with van der Waals surface area (Å²) in [6, 6.07) is 4.89. The van der Waals surface area contributed by atoms with Crippen molar-refractivity contribution in [1.29, 1.82) is 0 Å². The molecule has 0 spiro atoms. The van der Waals surface area contributed by atoms with E-state index in [9.17, 15) is 0 Å². The molecule has 1 aliphatic heterocycles. The van der Waals surface area contributed by atoms with Gasteiger partial charge in [-0.25, -0.2) is 0 Å². The van der Waals surface area contributed by atoms with Crippen molar-refractivity contribution in [3.63, 3.8) is 0 Å². The Labute approximate surface area is 109 Å². The third-order valence-electron chi connectivity index (χ3n) is 3.10. The van der Waals surface area contributed by atoms with E-state index in [1.807, 2.05) is 6.07 Å². The zero-order valence-electron chi connectivity index (χ0n) is 9.41. The number of nitrogens with two attached hydrogens (primary N) is 1. The predicted molar refractivity (Wildman–Crippen MR) is 68.2 cm³/mol. The summed E-state index contributed by atoms with van der Waals surface area (Å²) in [5.74, 6) is 1.58. The molecule has 4 nitrogen and oxygen atoms in total. The van der Waals surface area contributed by atoms with Crippen molar-refractivity contribution in [2.45, 2.75) is 24.9 Å². The second kappa shape index (κ2) is 4.48. The van der Waals surface area contributed by atoms with Crippen molar-refractivity contribution in [1.82, 2.24) is 5.32 Å². The number of hydrogen-bond acceptors (Lipinski definition) is 4. The Hall–Kier alpha value is -0.780. The average Bonchev–Trinajstić information content (AvgIpc) is 3.01. The molecule has 0 bridgehead atoms. The Morgan fingerprint density at radius 1 is 1.41 bits per heavy atom. The van der Waals surface area contributed by atoms with Gasteiger partial charge in [0, 0.05) is 18.6 Å². The molecule has 1 aromatic rings. The third-order valence-corrected chi connectivity index (χ3v) is 3.69. The highest BCUT2D eigenvalue weighted by Crippen LogP contribution is 2.41. The van der Waals surface area contributed by atoms with Crippen molar-refractivity contribution in [3.05, 3.63) is 22.2 Å². The SMILES string of the molecule is NCC(NC1CC1)c1cc(Br)c2c(c1)OCO2. The Morgan fingerprint density at radius 2 is 2.24 bits per heavy atom. The van der Waals surface area contributed by atoms with Crippen LogP contribution >= 0.6 is 15.9 Å². The number of hydrogen-bond donors (Lipinski definition) is 2. The molecule has 17 heavy (non-hydrogen) atoms. The molecule has 0 saturated heterocycles. The number of benzene rings is 1. The molecule has 1 unspecified atom stereocenters. The highest BCUT2D eigenvalue weighted by molar-refractivity contribution is 9.10. The van der Waals surface area contributed by atoms with Crippen molar-refractivity contribution in [2.75, 3.05) is 13.3 Å². The molecular formula is C12H15BrN2O2. The van der Waals surface area contributed by atoms with E-state index in [1.54, 1.807) is 0 Å². The number of nitrogens with one attached hydrogen (secondary N) is 1. The normalized spacial score (nSPS) is 19.4. The number of fused-ring (bicyclic) bond motifs is 1. The molecule has 0 aromatic heterocycles. The Bertz CT molecular complexity index is 435. The van der Waals surface area contributed by atoms with Crippen molar-refractivity contribution >= 4 is 15.9 Å². The summed E-state index contributed by atoms with van der Waals surface area (Å²) >= 11 is 3.50. The van der Waals surface area contributed by atoms with E-state index in [0.29, 0.717) is 19.4 Å². The van der Waals surface area contributed by atoms with Crippen LogP contribution in [0.5, 0.6) is 11.5 Å². The first-order valence-electron chi connectivity index (χ1n) is 5.83. The first kappa shape index (κ1) is 11.3. The fraction of sp³-hybridized carbons (Fsp3) is 0.500. The van der Waals surface area contributed by atoms with Crippen LogP contribution in [-0.2, 0) is 0 Å². The fourth-order valence-corrected chi connectivity index (χ4v) is 2.60. The van der Waals surface area contributed by atoms with E-state index in [1.165, 1.54) is 12.8 Å². The summed E-state index contributed by atoms with van der Waals surface area (Å²) in [4.78, 5) is 0. The molecular weight excluding hydrogens is 284 g/mol. The minimum Gasteiger partial charge on any atom is -0.454 e. The van der Waals surface area contributed by atoms with Gasteiger partial charge >= 0.3 is 0 Å². The maximum atomic E-state index is 5.83. The minimum absolute atomic E-state index is 0.188. The van der Waals surface area contributed by atoms with Gasteiger partial charge in [0.05, 0.1) is 4.47 Å². The van der Waals surface area contributed by atoms with Gasteiger partial charge in [0.1, 0.15) is 0 Å². The minimum atomic E-state index is 0.188. The van der Waals surface area contributed by atoms with E-state index >= 15 is 0 Å². The van der Waals surface area contributed by atoms with E-state index in [0.717, 1.165) is 21.5 Å². The summed E-state index contributed by atoms with van der Waals surface area (Å²) in [6.07, 6.45) is 2.50. The van der Waals surface area contributed by atoms with Gasteiger partial charge in [-0.05, 0) is 46.5 Å². The standard InChI is InChI=1S/C12H15BrN2O2/c13-9-3-7(4-11-12(9)17-6-16-11)10(5-14)15-8-1-2-8/h3-4,8,10,15H,1-2,5-6,14H2. The molecule has 1 aromatic carbocycles. The van der Waals surface area contributed by atoms with Gasteiger partial charge in [-0.2, -0.15) is 0 Å². The second-order valence-electron chi connectivity index (χ2n) is 4.47. The van der Waals surface area contributed by atoms with Crippen LogP contribution in [0.25, 0.3) is 0 Å². The molecule has 1 heterocycles. The van der Waals surface area contributed by atoms with Gasteiger partial charge in [0.15, 0.2) is 11.5 Å². The monoisotopic (exact) mass is 298 g/mol. The lowest BCUT2D eigenvalue weighted by Crippen LogP contribution is -2.29. The molecule has 1 aliphatic carbocycles. The van der Waals surface area contributed by atoms with Crippen molar-refractivity contribution in [2.24, 2.45) is 5.73 Å². The average molecular weight is 299 g/mol. The lowest BCUT2D eigenvalue weighted by atomic mass is 10.1. The quantitative estimate of drug-likeness (QED) is 0.892. The van der Waals surface area contributed by atoms with Crippen LogP contribution in [0.1, 0.15) is 24.4 Å². The molecule has 92 valence electrons. The topological polar surface area (TPSA) is 56.5 Å². The summed E-state index contributed by atoms with van der Waals surface area (Å²) in [5, 5.41) is 3.53. The maximum absolute atomic E-state index is 5.83. The molecule has 0 radical (unpaired) electrons. The molecule has 2 aliphatic rings. The molecule has 1 saturated carbocycles. The molecule has 0 amide bonds. The number of ether oxygens (including phenoxy) is 2. The highest BCUT2D eigenvalue weighted by Gasteiger charge is 2.26. The van der Waals surface area contributed by atoms with Crippen LogP contribution in [0, 0.1) is 0 Å². The number of rotatable bonds is 4. The van der Waals surface area contributed by atoms with Crippen LogP contribution in [0.2, 0.25) is 0 Å². The molecule has 1 atom stereocenters. The van der Waals surface area contributed by atoms with Crippen LogP contribution in [0.4, 0.5) is 0 Å². The van der Waals surface area contributed by atoms with Crippen molar-refractivity contribution in [3.8, 4) is 11.5 Å². The first-order valence-corrected chi connectivity index (χ1v) is 6.62. The molecule has 5 heteroatoms. The lowest BCUT2D eigenvalue weighted by molar-refractivity contribution is 0.173. The molecule has 1 fully saturated rings. The van der Waals surface area contributed by atoms with E-state index < -0.39 is 0 Å².